The van der Waals surface area contributed by atoms with Gasteiger partial charge >= 0.3 is 7.12 Å². The van der Waals surface area contributed by atoms with Gasteiger partial charge in [-0.1, -0.05) is 11.6 Å². The summed E-state index contributed by atoms with van der Waals surface area (Å²) < 4.78 is 11.8. The highest BCUT2D eigenvalue weighted by Gasteiger charge is 2.51. The summed E-state index contributed by atoms with van der Waals surface area (Å²) in [7, 11) is -0.416. The summed E-state index contributed by atoms with van der Waals surface area (Å²) in [6.45, 7) is 8.06. The predicted molar refractivity (Wildman–Crippen MR) is 71.6 cm³/mol. The molecule has 92 valence electrons. The van der Waals surface area contributed by atoms with Gasteiger partial charge in [0.05, 0.1) is 11.2 Å². The Labute approximate surface area is 107 Å². The number of rotatable bonds is 1. The van der Waals surface area contributed by atoms with E-state index in [2.05, 4.69) is 0 Å². The molecule has 1 aromatic carbocycles. The molecule has 1 heterocycles. The lowest BCUT2D eigenvalue weighted by atomic mass is 9.79. The predicted octanol–water partition coefficient (Wildman–Crippen LogP) is 2.22. The number of nitrogen functional groups attached to an aromatic ring is 1. The second-order valence-corrected chi connectivity index (χ2v) is 5.84. The molecule has 3 nitrogen and oxygen atoms in total. The van der Waals surface area contributed by atoms with Gasteiger partial charge in [0.25, 0.3) is 0 Å². The maximum atomic E-state index is 5.98. The molecule has 2 rings (SSSR count). The van der Waals surface area contributed by atoms with E-state index in [9.17, 15) is 0 Å². The third-order valence-corrected chi connectivity index (χ3v) is 3.69. The quantitative estimate of drug-likeness (QED) is 0.616. The molecule has 1 fully saturated rings. The van der Waals surface area contributed by atoms with Crippen LogP contribution in [-0.4, -0.2) is 18.3 Å². The SMILES string of the molecule is CC1(C)OB(c2cc(N)cc(Cl)c2)OC1(C)C. The summed E-state index contributed by atoms with van der Waals surface area (Å²) in [6.07, 6.45) is 0. The van der Waals surface area contributed by atoms with E-state index in [1.807, 2.05) is 39.8 Å². The van der Waals surface area contributed by atoms with Gasteiger partial charge in [-0.3, -0.25) is 0 Å². The lowest BCUT2D eigenvalue weighted by molar-refractivity contribution is 0.00578. The molecule has 0 bridgehead atoms. The van der Waals surface area contributed by atoms with Crippen molar-refractivity contribution in [2.45, 2.75) is 38.9 Å². The van der Waals surface area contributed by atoms with E-state index in [1.54, 1.807) is 6.07 Å². The first-order valence-electron chi connectivity index (χ1n) is 5.63. The molecule has 0 aliphatic carbocycles. The van der Waals surface area contributed by atoms with Crippen LogP contribution < -0.4 is 11.2 Å². The van der Waals surface area contributed by atoms with E-state index in [4.69, 9.17) is 26.6 Å². The molecule has 0 amide bonds. The molecule has 0 aromatic heterocycles. The van der Waals surface area contributed by atoms with E-state index < -0.39 is 7.12 Å². The molecule has 1 aromatic rings. The van der Waals surface area contributed by atoms with E-state index >= 15 is 0 Å². The van der Waals surface area contributed by atoms with E-state index in [-0.39, 0.29) is 11.2 Å². The van der Waals surface area contributed by atoms with Crippen molar-refractivity contribution in [3.05, 3.63) is 23.2 Å². The second kappa shape index (κ2) is 3.90. The zero-order valence-corrected chi connectivity index (χ0v) is 11.3. The fourth-order valence-corrected chi connectivity index (χ4v) is 2.00. The molecular weight excluding hydrogens is 236 g/mol. The van der Waals surface area contributed by atoms with Crippen LogP contribution in [0.5, 0.6) is 0 Å². The lowest BCUT2D eigenvalue weighted by Gasteiger charge is -2.32. The minimum Gasteiger partial charge on any atom is -0.399 e. The van der Waals surface area contributed by atoms with Crippen LogP contribution in [-0.2, 0) is 9.31 Å². The Morgan fingerprint density at radius 2 is 1.59 bits per heavy atom. The first-order valence-corrected chi connectivity index (χ1v) is 6.01. The van der Waals surface area contributed by atoms with Gasteiger partial charge in [0.1, 0.15) is 0 Å². The molecule has 0 unspecified atom stereocenters. The molecule has 0 atom stereocenters. The van der Waals surface area contributed by atoms with E-state index in [0.29, 0.717) is 10.7 Å². The Bertz CT molecular complexity index is 412. The summed E-state index contributed by atoms with van der Waals surface area (Å²) in [4.78, 5) is 0. The van der Waals surface area contributed by atoms with E-state index in [0.717, 1.165) is 5.46 Å². The van der Waals surface area contributed by atoms with Crippen LogP contribution >= 0.6 is 11.6 Å². The normalized spacial score (nSPS) is 21.8. The fraction of sp³-hybridized carbons (Fsp3) is 0.500. The first kappa shape index (κ1) is 12.7. The highest BCUT2D eigenvalue weighted by molar-refractivity contribution is 6.62. The van der Waals surface area contributed by atoms with Crippen molar-refractivity contribution in [2.75, 3.05) is 5.73 Å². The molecule has 2 N–H and O–H groups in total. The highest BCUT2D eigenvalue weighted by Crippen LogP contribution is 2.36. The van der Waals surface area contributed by atoms with Gasteiger partial charge in [-0.05, 0) is 51.4 Å². The Morgan fingerprint density at radius 1 is 1.06 bits per heavy atom. The van der Waals surface area contributed by atoms with Crippen LogP contribution in [0.2, 0.25) is 5.02 Å². The van der Waals surface area contributed by atoms with E-state index in [1.165, 1.54) is 0 Å². The van der Waals surface area contributed by atoms with Crippen molar-refractivity contribution >= 4 is 29.9 Å². The van der Waals surface area contributed by atoms with Crippen molar-refractivity contribution in [3.63, 3.8) is 0 Å². The average Bonchev–Trinajstić information content (AvgIpc) is 2.34. The van der Waals surface area contributed by atoms with Crippen molar-refractivity contribution in [2.24, 2.45) is 0 Å². The molecule has 0 spiro atoms. The fourth-order valence-electron chi connectivity index (χ4n) is 1.75. The maximum Gasteiger partial charge on any atom is 0.494 e. The smallest absolute Gasteiger partial charge is 0.399 e. The van der Waals surface area contributed by atoms with Crippen LogP contribution in [0.4, 0.5) is 5.69 Å². The third-order valence-electron chi connectivity index (χ3n) is 3.47. The lowest BCUT2D eigenvalue weighted by Crippen LogP contribution is -2.41. The minimum atomic E-state index is -0.416. The number of hydrogen-bond donors (Lipinski definition) is 1. The summed E-state index contributed by atoms with van der Waals surface area (Å²) in [5.74, 6) is 0. The van der Waals surface area contributed by atoms with Crippen LogP contribution in [0.25, 0.3) is 0 Å². The molecule has 0 saturated carbocycles. The Balaban J connectivity index is 2.32. The topological polar surface area (TPSA) is 44.5 Å². The monoisotopic (exact) mass is 253 g/mol. The Hall–Kier alpha value is -0.705. The standard InChI is InChI=1S/C12H17BClNO2/c1-11(2)12(3,4)17-13(16-11)8-5-9(14)7-10(15)6-8/h5-7H,15H2,1-4H3. The van der Waals surface area contributed by atoms with Crippen LogP contribution in [0, 0.1) is 0 Å². The molecule has 17 heavy (non-hydrogen) atoms. The van der Waals surface area contributed by atoms with Crippen molar-refractivity contribution in [1.82, 2.24) is 0 Å². The van der Waals surface area contributed by atoms with Crippen LogP contribution in [0.15, 0.2) is 18.2 Å². The van der Waals surface area contributed by atoms with Crippen molar-refractivity contribution < 1.29 is 9.31 Å². The molecule has 1 aliphatic heterocycles. The zero-order chi connectivity index (χ0) is 12.8. The van der Waals surface area contributed by atoms with Crippen molar-refractivity contribution in [1.29, 1.82) is 0 Å². The highest BCUT2D eigenvalue weighted by atomic mass is 35.5. The summed E-state index contributed by atoms with van der Waals surface area (Å²) >= 11 is 5.98. The van der Waals surface area contributed by atoms with Gasteiger partial charge in [0, 0.05) is 10.7 Å². The average molecular weight is 254 g/mol. The molecule has 0 radical (unpaired) electrons. The minimum absolute atomic E-state index is 0.352. The van der Waals surface area contributed by atoms with Gasteiger partial charge in [-0.2, -0.15) is 0 Å². The molecule has 5 heteroatoms. The summed E-state index contributed by atoms with van der Waals surface area (Å²) in [6, 6.07) is 5.35. The molecular formula is C12H17BClNO2. The van der Waals surface area contributed by atoms with Gasteiger partial charge in [0.15, 0.2) is 0 Å². The molecule has 1 aliphatic rings. The number of hydrogen-bond acceptors (Lipinski definition) is 3. The zero-order valence-electron chi connectivity index (χ0n) is 10.6. The maximum absolute atomic E-state index is 5.98. The number of halogens is 1. The van der Waals surface area contributed by atoms with Gasteiger partial charge < -0.3 is 15.0 Å². The number of anilines is 1. The number of nitrogens with two attached hydrogens (primary N) is 1. The van der Waals surface area contributed by atoms with Gasteiger partial charge in [-0.25, -0.2) is 0 Å². The largest absolute Gasteiger partial charge is 0.494 e. The van der Waals surface area contributed by atoms with Gasteiger partial charge in [0.2, 0.25) is 0 Å². The summed E-state index contributed by atoms with van der Waals surface area (Å²) in [5, 5.41) is 0.592. The Morgan fingerprint density at radius 3 is 2.06 bits per heavy atom. The van der Waals surface area contributed by atoms with Gasteiger partial charge in [-0.15, -0.1) is 0 Å². The second-order valence-electron chi connectivity index (χ2n) is 5.41. The Kier molecular flexibility index (Phi) is 2.93. The van der Waals surface area contributed by atoms with Crippen LogP contribution in [0.3, 0.4) is 0 Å². The number of benzene rings is 1. The van der Waals surface area contributed by atoms with Crippen molar-refractivity contribution in [3.8, 4) is 0 Å². The third kappa shape index (κ3) is 2.30. The first-order chi connectivity index (χ1) is 7.71. The van der Waals surface area contributed by atoms with Crippen LogP contribution in [0.1, 0.15) is 27.7 Å². The summed E-state index contributed by atoms with van der Waals surface area (Å²) in [5.41, 5.74) is 6.53. The molecule has 1 saturated heterocycles.